The van der Waals surface area contributed by atoms with Crippen LogP contribution in [0.5, 0.6) is 0 Å². The van der Waals surface area contributed by atoms with Gasteiger partial charge in [0, 0.05) is 5.92 Å². The Labute approximate surface area is 60.6 Å². The van der Waals surface area contributed by atoms with E-state index in [0.29, 0.717) is 18.4 Å². The lowest BCUT2D eigenvalue weighted by Crippen LogP contribution is -2.19. The molecule has 0 N–H and O–H groups in total. The summed E-state index contributed by atoms with van der Waals surface area (Å²) in [5.74, 6) is 0.596. The predicted octanol–water partition coefficient (Wildman–Crippen LogP) is 1.49. The molecule has 1 heterocycles. The van der Waals surface area contributed by atoms with Crippen LogP contribution in [0, 0.1) is 5.92 Å². The molecule has 1 saturated carbocycles. The number of ether oxygens (including phenoxy) is 1. The number of carbonyl (C=O) groups excluding carboxylic acids is 1. The summed E-state index contributed by atoms with van der Waals surface area (Å²) < 4.78 is 5.13. The van der Waals surface area contributed by atoms with E-state index in [1.807, 2.05) is 0 Å². The summed E-state index contributed by atoms with van der Waals surface area (Å²) in [6, 6.07) is 0. The lowest BCUT2D eigenvalue weighted by molar-refractivity contribution is -0.141. The van der Waals surface area contributed by atoms with Crippen LogP contribution in [-0.2, 0) is 9.53 Å². The quantitative estimate of drug-likeness (QED) is 0.476. The smallest absolute Gasteiger partial charge is 0.306 e. The van der Waals surface area contributed by atoms with Crippen molar-refractivity contribution in [3.05, 3.63) is 0 Å². The third-order valence-corrected chi connectivity index (χ3v) is 2.55. The molecule has 0 bridgehead atoms. The number of carbonyl (C=O) groups is 1. The molecule has 0 radical (unpaired) electrons. The first-order chi connectivity index (χ1) is 4.86. The molecule has 1 saturated heterocycles. The van der Waals surface area contributed by atoms with Crippen molar-refractivity contribution in [1.29, 1.82) is 0 Å². The normalized spacial score (nSPS) is 39.0. The van der Waals surface area contributed by atoms with Crippen LogP contribution in [0.25, 0.3) is 0 Å². The Morgan fingerprint density at radius 2 is 2.10 bits per heavy atom. The standard InChI is InChI=1S/C8H12O2/c9-8-5-6-3-1-2-4-7(6)10-8/h6-7H,1-5H2. The van der Waals surface area contributed by atoms with Crippen LogP contribution in [0.4, 0.5) is 0 Å². The van der Waals surface area contributed by atoms with Crippen LogP contribution < -0.4 is 0 Å². The topological polar surface area (TPSA) is 26.3 Å². The summed E-state index contributed by atoms with van der Waals surface area (Å²) in [4.78, 5) is 10.8. The Kier molecular flexibility index (Phi) is 1.40. The van der Waals surface area contributed by atoms with Crippen molar-refractivity contribution in [3.63, 3.8) is 0 Å². The minimum atomic E-state index is 0.0249. The molecule has 0 aromatic carbocycles. The molecule has 10 heavy (non-hydrogen) atoms. The molecule has 56 valence electrons. The highest BCUT2D eigenvalue weighted by Crippen LogP contribution is 2.34. The largest absolute Gasteiger partial charge is 0.462 e. The Morgan fingerprint density at radius 3 is 2.90 bits per heavy atom. The maximum atomic E-state index is 10.8. The average molecular weight is 140 g/mol. The van der Waals surface area contributed by atoms with Gasteiger partial charge in [0.15, 0.2) is 0 Å². The van der Waals surface area contributed by atoms with E-state index in [1.54, 1.807) is 0 Å². The fourth-order valence-electron chi connectivity index (χ4n) is 1.99. The zero-order chi connectivity index (χ0) is 6.97. The van der Waals surface area contributed by atoms with Crippen molar-refractivity contribution < 1.29 is 9.53 Å². The van der Waals surface area contributed by atoms with Gasteiger partial charge in [0.2, 0.25) is 0 Å². The van der Waals surface area contributed by atoms with Crippen LogP contribution >= 0.6 is 0 Å². The zero-order valence-corrected chi connectivity index (χ0v) is 6.01. The molecule has 0 aromatic heterocycles. The second-order valence-electron chi connectivity index (χ2n) is 3.28. The third kappa shape index (κ3) is 0.917. The fourth-order valence-corrected chi connectivity index (χ4v) is 1.99. The van der Waals surface area contributed by atoms with E-state index in [0.717, 1.165) is 6.42 Å². The van der Waals surface area contributed by atoms with Crippen molar-refractivity contribution in [2.24, 2.45) is 5.92 Å². The van der Waals surface area contributed by atoms with E-state index >= 15 is 0 Å². The summed E-state index contributed by atoms with van der Waals surface area (Å²) in [5, 5.41) is 0. The molecular formula is C8H12O2. The minimum absolute atomic E-state index is 0.0249. The van der Waals surface area contributed by atoms with Gasteiger partial charge in [-0.25, -0.2) is 0 Å². The second kappa shape index (κ2) is 2.26. The number of rotatable bonds is 0. The van der Waals surface area contributed by atoms with Crippen molar-refractivity contribution in [2.75, 3.05) is 0 Å². The van der Waals surface area contributed by atoms with Gasteiger partial charge >= 0.3 is 5.97 Å². The molecule has 1 aliphatic heterocycles. The van der Waals surface area contributed by atoms with Crippen LogP contribution in [0.3, 0.4) is 0 Å². The Hall–Kier alpha value is -0.530. The lowest BCUT2D eigenvalue weighted by Gasteiger charge is -2.21. The van der Waals surface area contributed by atoms with Gasteiger partial charge < -0.3 is 4.74 Å². The third-order valence-electron chi connectivity index (χ3n) is 2.55. The maximum Gasteiger partial charge on any atom is 0.306 e. The molecule has 0 aromatic rings. The van der Waals surface area contributed by atoms with Gasteiger partial charge in [-0.15, -0.1) is 0 Å². The summed E-state index contributed by atoms with van der Waals surface area (Å²) in [7, 11) is 0. The molecule has 2 fully saturated rings. The second-order valence-corrected chi connectivity index (χ2v) is 3.28. The van der Waals surface area contributed by atoms with Crippen LogP contribution in [0.15, 0.2) is 0 Å². The van der Waals surface area contributed by atoms with E-state index in [9.17, 15) is 4.79 Å². The number of fused-ring (bicyclic) bond motifs is 1. The first-order valence-electron chi connectivity index (χ1n) is 4.06. The van der Waals surface area contributed by atoms with E-state index in [-0.39, 0.29) is 5.97 Å². The Morgan fingerprint density at radius 1 is 1.30 bits per heavy atom. The SMILES string of the molecule is O=C1CC2CCCCC2O1. The van der Waals surface area contributed by atoms with E-state index in [1.165, 1.54) is 19.3 Å². The molecule has 2 rings (SSSR count). The monoisotopic (exact) mass is 140 g/mol. The summed E-state index contributed by atoms with van der Waals surface area (Å²) in [6.45, 7) is 0. The van der Waals surface area contributed by atoms with Gasteiger partial charge in [-0.2, -0.15) is 0 Å². The average Bonchev–Trinajstić information content (AvgIpc) is 2.27. The van der Waals surface area contributed by atoms with Gasteiger partial charge in [0.25, 0.3) is 0 Å². The first kappa shape index (κ1) is 6.20. The van der Waals surface area contributed by atoms with E-state index in [2.05, 4.69) is 0 Å². The summed E-state index contributed by atoms with van der Waals surface area (Å²) in [6.07, 6.45) is 5.82. The molecule has 2 unspecified atom stereocenters. The fraction of sp³-hybridized carbons (Fsp3) is 0.875. The molecule has 0 spiro atoms. The minimum Gasteiger partial charge on any atom is -0.462 e. The van der Waals surface area contributed by atoms with Gasteiger partial charge in [0.1, 0.15) is 6.10 Å². The van der Waals surface area contributed by atoms with Crippen LogP contribution in [0.2, 0.25) is 0 Å². The molecule has 2 atom stereocenters. The van der Waals surface area contributed by atoms with Gasteiger partial charge in [-0.1, -0.05) is 6.42 Å². The van der Waals surface area contributed by atoms with E-state index < -0.39 is 0 Å². The van der Waals surface area contributed by atoms with Crippen molar-refractivity contribution in [2.45, 2.75) is 38.2 Å². The van der Waals surface area contributed by atoms with Crippen molar-refractivity contribution in [1.82, 2.24) is 0 Å². The molecular weight excluding hydrogens is 128 g/mol. The predicted molar refractivity (Wildman–Crippen MR) is 36.5 cm³/mol. The molecule has 1 aliphatic carbocycles. The van der Waals surface area contributed by atoms with E-state index in [4.69, 9.17) is 4.74 Å². The molecule has 0 amide bonds. The summed E-state index contributed by atoms with van der Waals surface area (Å²) in [5.41, 5.74) is 0. The van der Waals surface area contributed by atoms with Crippen molar-refractivity contribution in [3.8, 4) is 0 Å². The van der Waals surface area contributed by atoms with Crippen LogP contribution in [-0.4, -0.2) is 12.1 Å². The van der Waals surface area contributed by atoms with Gasteiger partial charge in [0.05, 0.1) is 6.42 Å². The lowest BCUT2D eigenvalue weighted by atomic mass is 9.86. The molecule has 2 aliphatic rings. The Bertz CT molecular complexity index is 137. The highest BCUT2D eigenvalue weighted by molar-refractivity contribution is 5.72. The van der Waals surface area contributed by atoms with Gasteiger partial charge in [-0.05, 0) is 19.3 Å². The van der Waals surface area contributed by atoms with Crippen LogP contribution in [0.1, 0.15) is 32.1 Å². The number of hydrogen-bond acceptors (Lipinski definition) is 2. The number of hydrogen-bond donors (Lipinski definition) is 0. The van der Waals surface area contributed by atoms with Crippen molar-refractivity contribution >= 4 is 5.97 Å². The summed E-state index contributed by atoms with van der Waals surface area (Å²) >= 11 is 0. The molecule has 2 heteroatoms. The zero-order valence-electron chi connectivity index (χ0n) is 6.01. The first-order valence-corrected chi connectivity index (χ1v) is 4.06. The number of esters is 1. The highest BCUT2D eigenvalue weighted by atomic mass is 16.5. The maximum absolute atomic E-state index is 10.8. The Balaban J connectivity index is 2.04. The highest BCUT2D eigenvalue weighted by Gasteiger charge is 2.35. The van der Waals surface area contributed by atoms with Gasteiger partial charge in [-0.3, -0.25) is 4.79 Å². The molecule has 2 nitrogen and oxygen atoms in total.